The highest BCUT2D eigenvalue weighted by Crippen LogP contribution is 2.37. The van der Waals surface area contributed by atoms with Gasteiger partial charge >= 0.3 is 0 Å². The third kappa shape index (κ3) is 2.88. The van der Waals surface area contributed by atoms with E-state index in [1.54, 1.807) is 12.3 Å². The highest BCUT2D eigenvalue weighted by Gasteiger charge is 2.27. The summed E-state index contributed by atoms with van der Waals surface area (Å²) in [6, 6.07) is 10.1. The topological polar surface area (TPSA) is 51.1 Å². The molecule has 0 aliphatic heterocycles. The van der Waals surface area contributed by atoms with Crippen LogP contribution in [0.4, 0.5) is 10.1 Å². The number of para-hydroxylation sites is 1. The highest BCUT2D eigenvalue weighted by atomic mass is 35.5. The molecule has 0 bridgehead atoms. The first kappa shape index (κ1) is 16.8. The molecule has 1 saturated carbocycles. The zero-order valence-electron chi connectivity index (χ0n) is 14.1. The maximum absolute atomic E-state index is 13.9. The molecular formula is C20H16ClFN2O2. The minimum Gasteiger partial charge on any atom is -0.343 e. The first-order chi connectivity index (χ1) is 12.5. The van der Waals surface area contributed by atoms with Gasteiger partial charge in [-0.25, -0.2) is 4.39 Å². The molecule has 1 aliphatic carbocycles. The van der Waals surface area contributed by atoms with E-state index in [2.05, 4.69) is 5.32 Å². The van der Waals surface area contributed by atoms with Crippen LogP contribution in [-0.4, -0.2) is 10.5 Å². The van der Waals surface area contributed by atoms with Gasteiger partial charge in [-0.05, 0) is 43.5 Å². The van der Waals surface area contributed by atoms with E-state index in [1.807, 2.05) is 29.7 Å². The maximum atomic E-state index is 13.9. The van der Waals surface area contributed by atoms with Crippen LogP contribution in [0.25, 0.3) is 10.9 Å². The number of aryl methyl sites for hydroxylation is 1. The minimum atomic E-state index is -0.671. The van der Waals surface area contributed by atoms with Crippen molar-refractivity contribution >= 4 is 34.1 Å². The summed E-state index contributed by atoms with van der Waals surface area (Å²) < 4.78 is 15.8. The molecule has 1 aromatic heterocycles. The second-order valence-electron chi connectivity index (χ2n) is 6.56. The molecule has 4 nitrogen and oxygen atoms in total. The number of hydrogen-bond acceptors (Lipinski definition) is 2. The number of nitrogens with zero attached hydrogens (tertiary/aromatic N) is 1. The molecule has 0 radical (unpaired) electrons. The molecule has 1 heterocycles. The van der Waals surface area contributed by atoms with E-state index >= 15 is 0 Å². The Morgan fingerprint density at radius 2 is 2.00 bits per heavy atom. The summed E-state index contributed by atoms with van der Waals surface area (Å²) in [5.41, 5.74) is 1.57. The van der Waals surface area contributed by atoms with Crippen molar-refractivity contribution in [2.24, 2.45) is 0 Å². The molecule has 1 fully saturated rings. The molecule has 0 atom stereocenters. The van der Waals surface area contributed by atoms with Crippen LogP contribution in [0.1, 0.15) is 34.8 Å². The lowest BCUT2D eigenvalue weighted by Gasteiger charge is -2.14. The number of nitrogens with one attached hydrogen (secondary N) is 1. The van der Waals surface area contributed by atoms with E-state index in [-0.39, 0.29) is 22.0 Å². The zero-order valence-corrected chi connectivity index (χ0v) is 14.8. The lowest BCUT2D eigenvalue weighted by Crippen LogP contribution is -2.24. The number of aromatic nitrogens is 1. The monoisotopic (exact) mass is 370 g/mol. The molecule has 0 unspecified atom stereocenters. The van der Waals surface area contributed by atoms with Crippen LogP contribution in [0, 0.1) is 12.7 Å². The molecule has 0 spiro atoms. The number of benzene rings is 2. The SMILES string of the molecule is Cc1ccccc1NC(=O)c1cn(C2CC2)c2cc(Cl)c(F)cc2c1=O. The van der Waals surface area contributed by atoms with Crippen LogP contribution in [0.3, 0.4) is 0 Å². The maximum Gasteiger partial charge on any atom is 0.261 e. The van der Waals surface area contributed by atoms with Crippen LogP contribution >= 0.6 is 11.6 Å². The van der Waals surface area contributed by atoms with Crippen LogP contribution < -0.4 is 10.7 Å². The van der Waals surface area contributed by atoms with E-state index < -0.39 is 17.2 Å². The third-order valence-electron chi connectivity index (χ3n) is 4.65. The molecule has 6 heteroatoms. The van der Waals surface area contributed by atoms with E-state index in [4.69, 9.17) is 11.6 Å². The van der Waals surface area contributed by atoms with E-state index in [0.717, 1.165) is 24.5 Å². The Morgan fingerprint density at radius 3 is 2.69 bits per heavy atom. The van der Waals surface area contributed by atoms with Crippen LogP contribution in [0.5, 0.6) is 0 Å². The Labute approximate surface area is 154 Å². The minimum absolute atomic E-state index is 0.00521. The fourth-order valence-corrected chi connectivity index (χ4v) is 3.22. The molecule has 132 valence electrons. The van der Waals surface area contributed by atoms with Crippen molar-refractivity contribution in [3.63, 3.8) is 0 Å². The number of hydrogen-bond donors (Lipinski definition) is 1. The number of carbonyl (C=O) groups excluding carboxylic acids is 1. The summed E-state index contributed by atoms with van der Waals surface area (Å²) in [5.74, 6) is -1.17. The molecular weight excluding hydrogens is 355 g/mol. The van der Waals surface area contributed by atoms with Crippen molar-refractivity contribution in [3.8, 4) is 0 Å². The molecule has 1 amide bonds. The average molecular weight is 371 g/mol. The van der Waals surface area contributed by atoms with Gasteiger partial charge in [-0.1, -0.05) is 29.8 Å². The molecule has 1 N–H and O–H groups in total. The predicted octanol–water partition coefficient (Wildman–Crippen LogP) is 4.69. The summed E-state index contributed by atoms with van der Waals surface area (Å²) in [6.45, 7) is 1.87. The quantitative estimate of drug-likeness (QED) is 0.727. The van der Waals surface area contributed by atoms with Crippen LogP contribution in [-0.2, 0) is 0 Å². The van der Waals surface area contributed by atoms with Gasteiger partial charge in [0.2, 0.25) is 5.43 Å². The third-order valence-corrected chi connectivity index (χ3v) is 4.94. The second kappa shape index (κ2) is 6.25. The number of carbonyl (C=O) groups is 1. The Balaban J connectivity index is 1.86. The Morgan fingerprint density at radius 1 is 1.27 bits per heavy atom. The van der Waals surface area contributed by atoms with Crippen molar-refractivity contribution < 1.29 is 9.18 Å². The molecule has 0 saturated heterocycles. The van der Waals surface area contributed by atoms with Crippen LogP contribution in [0.2, 0.25) is 5.02 Å². The van der Waals surface area contributed by atoms with Gasteiger partial charge in [0, 0.05) is 23.3 Å². The lowest BCUT2D eigenvalue weighted by atomic mass is 10.1. The second-order valence-corrected chi connectivity index (χ2v) is 6.97. The standard InChI is InChI=1S/C20H16ClFN2O2/c1-11-4-2-3-5-17(11)23-20(26)14-10-24(12-6-7-12)18-9-15(21)16(22)8-13(18)19(14)25/h2-5,8-10,12H,6-7H2,1H3,(H,23,26). The predicted molar refractivity (Wildman–Crippen MR) is 101 cm³/mol. The summed E-state index contributed by atoms with van der Waals surface area (Å²) in [6.07, 6.45) is 3.46. The molecule has 2 aromatic carbocycles. The number of rotatable bonds is 3. The van der Waals surface area contributed by atoms with Crippen molar-refractivity contribution in [1.29, 1.82) is 0 Å². The van der Waals surface area contributed by atoms with Crippen LogP contribution in [0.15, 0.2) is 47.4 Å². The summed E-state index contributed by atoms with van der Waals surface area (Å²) in [5, 5.41) is 2.90. The highest BCUT2D eigenvalue weighted by molar-refractivity contribution is 6.31. The molecule has 1 aliphatic rings. The Bertz CT molecular complexity index is 1100. The first-order valence-electron chi connectivity index (χ1n) is 8.36. The Kier molecular flexibility index (Phi) is 4.04. The van der Waals surface area contributed by atoms with Gasteiger partial charge in [0.15, 0.2) is 0 Å². The van der Waals surface area contributed by atoms with E-state index in [9.17, 15) is 14.0 Å². The normalized spacial score (nSPS) is 13.8. The van der Waals surface area contributed by atoms with Gasteiger partial charge in [0.1, 0.15) is 11.4 Å². The van der Waals surface area contributed by atoms with Gasteiger partial charge in [-0.2, -0.15) is 0 Å². The number of pyridine rings is 1. The smallest absolute Gasteiger partial charge is 0.261 e. The summed E-state index contributed by atoms with van der Waals surface area (Å²) in [7, 11) is 0. The van der Waals surface area contributed by atoms with E-state index in [1.165, 1.54) is 6.07 Å². The van der Waals surface area contributed by atoms with E-state index in [0.29, 0.717) is 11.2 Å². The van der Waals surface area contributed by atoms with Gasteiger partial charge in [0.05, 0.1) is 10.5 Å². The van der Waals surface area contributed by atoms with Gasteiger partial charge in [0.25, 0.3) is 5.91 Å². The van der Waals surface area contributed by atoms with Gasteiger partial charge < -0.3 is 9.88 Å². The first-order valence-corrected chi connectivity index (χ1v) is 8.74. The Hall–Kier alpha value is -2.66. The van der Waals surface area contributed by atoms with Crippen molar-refractivity contribution in [2.75, 3.05) is 5.32 Å². The van der Waals surface area contributed by atoms with Gasteiger partial charge in [-0.3, -0.25) is 9.59 Å². The fourth-order valence-electron chi connectivity index (χ4n) is 3.06. The fraction of sp³-hybridized carbons (Fsp3) is 0.200. The van der Waals surface area contributed by atoms with Gasteiger partial charge in [-0.15, -0.1) is 0 Å². The average Bonchev–Trinajstić information content (AvgIpc) is 3.44. The number of fused-ring (bicyclic) bond motifs is 1. The summed E-state index contributed by atoms with van der Waals surface area (Å²) in [4.78, 5) is 25.6. The zero-order chi connectivity index (χ0) is 18.4. The number of amides is 1. The van der Waals surface area contributed by atoms with Crippen molar-refractivity contribution in [3.05, 3.63) is 74.8 Å². The summed E-state index contributed by atoms with van der Waals surface area (Å²) >= 11 is 5.89. The number of anilines is 1. The molecule has 26 heavy (non-hydrogen) atoms. The largest absolute Gasteiger partial charge is 0.343 e. The van der Waals surface area contributed by atoms with Crippen molar-refractivity contribution in [2.45, 2.75) is 25.8 Å². The number of halogens is 2. The molecule has 3 aromatic rings. The van der Waals surface area contributed by atoms with Crippen molar-refractivity contribution in [1.82, 2.24) is 4.57 Å². The molecule has 4 rings (SSSR count). The lowest BCUT2D eigenvalue weighted by molar-refractivity contribution is 0.102.